The molecule has 96 valence electrons. The van der Waals surface area contributed by atoms with Gasteiger partial charge in [0.1, 0.15) is 5.82 Å². The van der Waals surface area contributed by atoms with E-state index in [1.54, 1.807) is 19.1 Å². The van der Waals surface area contributed by atoms with Crippen LogP contribution in [-0.4, -0.2) is 24.9 Å². The number of benzene rings is 1. The lowest BCUT2D eigenvalue weighted by Crippen LogP contribution is -2.35. The normalized spacial score (nSPS) is 10.3. The van der Waals surface area contributed by atoms with Gasteiger partial charge >= 0.3 is 0 Å². The number of hydrogen-bond acceptors (Lipinski definition) is 2. The first-order valence-electron chi connectivity index (χ1n) is 5.60. The molecule has 1 aromatic rings. The molecule has 4 nitrogen and oxygen atoms in total. The Kier molecular flexibility index (Phi) is 5.57. The molecule has 0 aliphatic carbocycles. The van der Waals surface area contributed by atoms with E-state index in [9.17, 15) is 14.0 Å². The van der Waals surface area contributed by atoms with E-state index in [0.717, 1.165) is 0 Å². The first kappa shape index (κ1) is 13.9. The van der Waals surface area contributed by atoms with Crippen LogP contribution in [0.5, 0.6) is 0 Å². The first-order chi connectivity index (χ1) is 8.61. The maximum absolute atomic E-state index is 12.8. The molecule has 0 bridgehead atoms. The summed E-state index contributed by atoms with van der Waals surface area (Å²) in [6, 6.07) is 5.87. The quantitative estimate of drug-likeness (QED) is 0.769. The highest BCUT2D eigenvalue weighted by atomic mass is 19.1. The van der Waals surface area contributed by atoms with Crippen LogP contribution in [0.25, 0.3) is 6.08 Å². The van der Waals surface area contributed by atoms with Gasteiger partial charge in [0.05, 0.1) is 6.54 Å². The Balaban J connectivity index is 2.42. The van der Waals surface area contributed by atoms with Crippen molar-refractivity contribution in [3.05, 3.63) is 41.7 Å². The lowest BCUT2D eigenvalue weighted by Gasteiger charge is -2.02. The van der Waals surface area contributed by atoms with Crippen molar-refractivity contribution in [2.45, 2.75) is 6.92 Å². The van der Waals surface area contributed by atoms with Gasteiger partial charge in [-0.25, -0.2) is 4.39 Å². The van der Waals surface area contributed by atoms with Gasteiger partial charge in [-0.15, -0.1) is 0 Å². The smallest absolute Gasteiger partial charge is 0.244 e. The van der Waals surface area contributed by atoms with Gasteiger partial charge in [-0.1, -0.05) is 12.1 Å². The fourth-order valence-electron chi connectivity index (χ4n) is 1.27. The second-order valence-corrected chi connectivity index (χ2v) is 3.56. The summed E-state index contributed by atoms with van der Waals surface area (Å²) in [6.45, 7) is 2.25. The van der Waals surface area contributed by atoms with Crippen LogP contribution in [0.3, 0.4) is 0 Å². The minimum atomic E-state index is -0.398. The number of rotatable bonds is 5. The van der Waals surface area contributed by atoms with Crippen LogP contribution >= 0.6 is 0 Å². The molecule has 18 heavy (non-hydrogen) atoms. The molecular weight excluding hydrogens is 235 g/mol. The third kappa shape index (κ3) is 5.25. The number of carbonyl (C=O) groups excluding carboxylic acids is 2. The topological polar surface area (TPSA) is 58.2 Å². The van der Waals surface area contributed by atoms with Gasteiger partial charge in [-0.3, -0.25) is 9.59 Å². The number of halogens is 1. The van der Waals surface area contributed by atoms with Gasteiger partial charge in [-0.2, -0.15) is 0 Å². The Hall–Kier alpha value is -2.17. The molecule has 0 spiro atoms. The average molecular weight is 250 g/mol. The Labute approximate surface area is 105 Å². The van der Waals surface area contributed by atoms with Crippen LogP contribution in [0.1, 0.15) is 12.5 Å². The predicted octanol–water partition coefficient (Wildman–Crippen LogP) is 1.09. The van der Waals surface area contributed by atoms with Crippen molar-refractivity contribution in [3.63, 3.8) is 0 Å². The van der Waals surface area contributed by atoms with Gasteiger partial charge in [0.15, 0.2) is 0 Å². The van der Waals surface area contributed by atoms with Crippen molar-refractivity contribution in [1.82, 2.24) is 10.6 Å². The van der Waals surface area contributed by atoms with E-state index in [1.807, 2.05) is 0 Å². The molecule has 0 aliphatic rings. The lowest BCUT2D eigenvalue weighted by atomic mass is 10.2. The van der Waals surface area contributed by atoms with Crippen LogP contribution in [0, 0.1) is 5.82 Å². The molecule has 0 radical (unpaired) electrons. The van der Waals surface area contributed by atoms with Crippen LogP contribution in [0.15, 0.2) is 30.3 Å². The minimum Gasteiger partial charge on any atom is -0.355 e. The van der Waals surface area contributed by atoms with Crippen molar-refractivity contribution in [2.24, 2.45) is 0 Å². The zero-order valence-electron chi connectivity index (χ0n) is 10.1. The SMILES string of the molecule is CCNC(=O)CNC(=O)/C=C/c1cccc(F)c1. The number of nitrogens with one attached hydrogen (secondary N) is 2. The van der Waals surface area contributed by atoms with Gasteiger partial charge in [0.2, 0.25) is 11.8 Å². The van der Waals surface area contributed by atoms with Gasteiger partial charge in [0, 0.05) is 12.6 Å². The number of carbonyl (C=O) groups is 2. The molecular formula is C13H15FN2O2. The van der Waals surface area contributed by atoms with Crippen LogP contribution in [0.2, 0.25) is 0 Å². The lowest BCUT2D eigenvalue weighted by molar-refractivity contribution is -0.123. The maximum Gasteiger partial charge on any atom is 0.244 e. The Morgan fingerprint density at radius 3 is 2.78 bits per heavy atom. The third-order valence-electron chi connectivity index (χ3n) is 2.07. The molecule has 1 rings (SSSR count). The largest absolute Gasteiger partial charge is 0.355 e. The molecule has 0 aliphatic heterocycles. The van der Waals surface area contributed by atoms with E-state index < -0.39 is 5.91 Å². The Morgan fingerprint density at radius 1 is 1.33 bits per heavy atom. The van der Waals surface area contributed by atoms with Gasteiger partial charge in [0.25, 0.3) is 0 Å². The average Bonchev–Trinajstić information content (AvgIpc) is 2.34. The Bertz CT molecular complexity index is 458. The molecule has 0 atom stereocenters. The van der Waals surface area contributed by atoms with Crippen molar-refractivity contribution < 1.29 is 14.0 Å². The fourth-order valence-corrected chi connectivity index (χ4v) is 1.27. The molecule has 2 amide bonds. The molecule has 0 heterocycles. The van der Waals surface area contributed by atoms with Crippen molar-refractivity contribution in [2.75, 3.05) is 13.1 Å². The van der Waals surface area contributed by atoms with Crippen molar-refractivity contribution in [3.8, 4) is 0 Å². The summed E-state index contributed by atoms with van der Waals surface area (Å²) >= 11 is 0. The fraction of sp³-hybridized carbons (Fsp3) is 0.231. The number of amides is 2. The number of hydrogen-bond donors (Lipinski definition) is 2. The second-order valence-electron chi connectivity index (χ2n) is 3.56. The highest BCUT2D eigenvalue weighted by Gasteiger charge is 2.00. The molecule has 0 unspecified atom stereocenters. The number of likely N-dealkylation sites (N-methyl/N-ethyl adjacent to an activating group) is 1. The minimum absolute atomic E-state index is 0.0693. The molecule has 0 saturated carbocycles. The van der Waals surface area contributed by atoms with Crippen LogP contribution < -0.4 is 10.6 Å². The molecule has 0 aromatic heterocycles. The summed E-state index contributed by atoms with van der Waals surface area (Å²) in [7, 11) is 0. The third-order valence-corrected chi connectivity index (χ3v) is 2.07. The molecule has 5 heteroatoms. The molecule has 1 aromatic carbocycles. The summed E-state index contributed by atoms with van der Waals surface area (Å²) < 4.78 is 12.8. The van der Waals surface area contributed by atoms with E-state index in [2.05, 4.69) is 10.6 Å². The standard InChI is InChI=1S/C13H15FN2O2/c1-2-15-13(18)9-16-12(17)7-6-10-4-3-5-11(14)8-10/h3-8H,2,9H2,1H3,(H,15,18)(H,16,17)/b7-6+. The first-order valence-corrected chi connectivity index (χ1v) is 5.60. The summed E-state index contributed by atoms with van der Waals surface area (Å²) in [5.74, 6) is -1.00. The zero-order chi connectivity index (χ0) is 13.4. The summed E-state index contributed by atoms with van der Waals surface area (Å²) in [4.78, 5) is 22.4. The van der Waals surface area contributed by atoms with Gasteiger partial charge in [-0.05, 0) is 30.7 Å². The molecule has 0 fully saturated rings. The monoisotopic (exact) mass is 250 g/mol. The van der Waals surface area contributed by atoms with E-state index in [0.29, 0.717) is 12.1 Å². The second kappa shape index (κ2) is 7.21. The maximum atomic E-state index is 12.8. The van der Waals surface area contributed by atoms with Crippen LogP contribution in [0.4, 0.5) is 4.39 Å². The predicted molar refractivity (Wildman–Crippen MR) is 67.1 cm³/mol. The van der Waals surface area contributed by atoms with Crippen LogP contribution in [-0.2, 0) is 9.59 Å². The Morgan fingerprint density at radius 2 is 2.11 bits per heavy atom. The van der Waals surface area contributed by atoms with E-state index in [1.165, 1.54) is 24.3 Å². The molecule has 2 N–H and O–H groups in total. The van der Waals surface area contributed by atoms with E-state index in [4.69, 9.17) is 0 Å². The van der Waals surface area contributed by atoms with Crippen molar-refractivity contribution >= 4 is 17.9 Å². The van der Waals surface area contributed by atoms with Crippen molar-refractivity contribution in [1.29, 1.82) is 0 Å². The summed E-state index contributed by atoms with van der Waals surface area (Å²) in [5.41, 5.74) is 0.586. The summed E-state index contributed by atoms with van der Waals surface area (Å²) in [5, 5.41) is 4.98. The molecule has 0 saturated heterocycles. The highest BCUT2D eigenvalue weighted by Crippen LogP contribution is 2.04. The summed E-state index contributed by atoms with van der Waals surface area (Å²) in [6.07, 6.45) is 2.74. The highest BCUT2D eigenvalue weighted by molar-refractivity contribution is 5.94. The zero-order valence-corrected chi connectivity index (χ0v) is 10.1. The van der Waals surface area contributed by atoms with Gasteiger partial charge < -0.3 is 10.6 Å². The van der Waals surface area contributed by atoms with E-state index in [-0.39, 0.29) is 18.3 Å². The van der Waals surface area contributed by atoms with E-state index >= 15 is 0 Å².